The number of thiol groups is 1. The number of hydrogen-bond donors (Lipinski definition) is 1. The maximum absolute atomic E-state index is 4.16. The second-order valence-corrected chi connectivity index (χ2v) is 3.19. The lowest BCUT2D eigenvalue weighted by Crippen LogP contribution is -2.23. The summed E-state index contributed by atoms with van der Waals surface area (Å²) in [5, 5.41) is 0. The van der Waals surface area contributed by atoms with E-state index in [4.69, 9.17) is 0 Å². The van der Waals surface area contributed by atoms with Crippen molar-refractivity contribution in [3.63, 3.8) is 0 Å². The quantitative estimate of drug-likeness (QED) is 0.393. The molecule has 1 rings (SSSR count). The second kappa shape index (κ2) is 4.44. The first-order chi connectivity index (χ1) is 5.33. The van der Waals surface area contributed by atoms with Crippen molar-refractivity contribution in [3.05, 3.63) is 18.7 Å². The van der Waals surface area contributed by atoms with Gasteiger partial charge in [-0.2, -0.15) is 12.6 Å². The van der Waals surface area contributed by atoms with E-state index in [0.717, 1.165) is 12.3 Å². The molecule has 0 aliphatic heterocycles. The van der Waals surface area contributed by atoms with Crippen LogP contribution in [0.2, 0.25) is 0 Å². The van der Waals surface area contributed by atoms with Crippen LogP contribution in [0.15, 0.2) is 18.7 Å². The van der Waals surface area contributed by atoms with Crippen molar-refractivity contribution in [2.24, 2.45) is 7.05 Å². The average molecular weight is 171 g/mol. The minimum absolute atomic E-state index is 0.993. The molecule has 0 saturated carbocycles. The summed E-state index contributed by atoms with van der Waals surface area (Å²) in [4.78, 5) is 0. The molecule has 0 aliphatic carbocycles. The first-order valence-corrected chi connectivity index (χ1v) is 4.58. The van der Waals surface area contributed by atoms with E-state index >= 15 is 0 Å². The van der Waals surface area contributed by atoms with Gasteiger partial charge in [0.25, 0.3) is 0 Å². The third-order valence-corrected chi connectivity index (χ3v) is 1.96. The molecule has 1 heterocycles. The van der Waals surface area contributed by atoms with E-state index in [1.165, 1.54) is 12.8 Å². The minimum atomic E-state index is 0.993. The van der Waals surface area contributed by atoms with Gasteiger partial charge in [-0.15, -0.1) is 0 Å². The van der Waals surface area contributed by atoms with Crippen molar-refractivity contribution in [2.75, 3.05) is 5.75 Å². The van der Waals surface area contributed by atoms with Gasteiger partial charge in [0.15, 0.2) is 0 Å². The largest absolute Gasteiger partial charge is 0.243 e. The Kier molecular flexibility index (Phi) is 3.49. The number of unbranched alkanes of at least 4 members (excludes halogenated alkanes) is 1. The molecule has 11 heavy (non-hydrogen) atoms. The van der Waals surface area contributed by atoms with Crippen LogP contribution in [-0.2, 0) is 13.6 Å². The van der Waals surface area contributed by atoms with Crippen LogP contribution in [0.5, 0.6) is 0 Å². The first kappa shape index (κ1) is 8.65. The predicted octanol–water partition coefficient (Wildman–Crippen LogP) is 1.02. The maximum Gasteiger partial charge on any atom is 0.243 e. The molecule has 0 unspecified atom stereocenters. The van der Waals surface area contributed by atoms with Crippen LogP contribution in [0.1, 0.15) is 12.8 Å². The van der Waals surface area contributed by atoms with Gasteiger partial charge in [0, 0.05) is 0 Å². The number of aromatic nitrogens is 2. The summed E-state index contributed by atoms with van der Waals surface area (Å²) >= 11 is 4.16. The Morgan fingerprint density at radius 3 is 2.82 bits per heavy atom. The van der Waals surface area contributed by atoms with E-state index in [1.54, 1.807) is 0 Å². The Balaban J connectivity index is 2.27. The molecule has 0 N–H and O–H groups in total. The van der Waals surface area contributed by atoms with Crippen molar-refractivity contribution >= 4 is 12.6 Å². The van der Waals surface area contributed by atoms with Gasteiger partial charge in [-0.25, -0.2) is 9.13 Å². The number of rotatable bonds is 4. The fourth-order valence-corrected chi connectivity index (χ4v) is 1.26. The van der Waals surface area contributed by atoms with E-state index in [2.05, 4.69) is 40.5 Å². The van der Waals surface area contributed by atoms with E-state index in [0.29, 0.717) is 0 Å². The lowest BCUT2D eigenvalue weighted by Gasteiger charge is -1.93. The minimum Gasteiger partial charge on any atom is -0.240 e. The molecule has 62 valence electrons. The SMILES string of the molecule is C[n+]1ccn(CCCCS)c1. The molecule has 0 bridgehead atoms. The summed E-state index contributed by atoms with van der Waals surface area (Å²) in [6.07, 6.45) is 8.67. The number of aryl methyl sites for hydroxylation is 2. The molecular formula is C8H15N2S+. The standard InChI is InChI=1S/C8H14N2S/c1-9-5-6-10(8-9)4-2-3-7-11/h5-6,8H,2-4,7H2,1H3/p+1. The Morgan fingerprint density at radius 2 is 2.27 bits per heavy atom. The second-order valence-electron chi connectivity index (χ2n) is 2.75. The normalized spacial score (nSPS) is 10.4. The topological polar surface area (TPSA) is 8.81 Å². The van der Waals surface area contributed by atoms with Crippen molar-refractivity contribution in [1.82, 2.24) is 4.57 Å². The third kappa shape index (κ3) is 2.97. The third-order valence-electron chi connectivity index (χ3n) is 1.65. The molecule has 0 amide bonds. The van der Waals surface area contributed by atoms with E-state index in [9.17, 15) is 0 Å². The fraction of sp³-hybridized carbons (Fsp3) is 0.625. The summed E-state index contributed by atoms with van der Waals surface area (Å²) in [5.74, 6) is 0.993. The van der Waals surface area contributed by atoms with E-state index < -0.39 is 0 Å². The maximum atomic E-state index is 4.16. The highest BCUT2D eigenvalue weighted by atomic mass is 32.1. The highest BCUT2D eigenvalue weighted by molar-refractivity contribution is 7.80. The molecule has 2 nitrogen and oxygen atoms in total. The Labute approximate surface area is 73.3 Å². The summed E-state index contributed by atoms with van der Waals surface area (Å²) in [5.41, 5.74) is 0. The summed E-state index contributed by atoms with van der Waals surface area (Å²) in [6, 6.07) is 0. The lowest BCUT2D eigenvalue weighted by molar-refractivity contribution is -0.671. The number of hydrogen-bond acceptors (Lipinski definition) is 1. The van der Waals surface area contributed by atoms with Gasteiger partial charge in [0.1, 0.15) is 12.4 Å². The first-order valence-electron chi connectivity index (χ1n) is 3.95. The highest BCUT2D eigenvalue weighted by Gasteiger charge is 1.97. The molecule has 3 heteroatoms. The van der Waals surface area contributed by atoms with Gasteiger partial charge in [-0.1, -0.05) is 0 Å². The van der Waals surface area contributed by atoms with Crippen LogP contribution in [0.4, 0.5) is 0 Å². The zero-order chi connectivity index (χ0) is 8.10. The molecule has 0 aromatic carbocycles. The van der Waals surface area contributed by atoms with Crippen molar-refractivity contribution < 1.29 is 4.57 Å². The van der Waals surface area contributed by atoms with Crippen LogP contribution in [0.3, 0.4) is 0 Å². The molecular weight excluding hydrogens is 156 g/mol. The van der Waals surface area contributed by atoms with Gasteiger partial charge in [0.05, 0.1) is 13.6 Å². The van der Waals surface area contributed by atoms with Crippen LogP contribution >= 0.6 is 12.6 Å². The van der Waals surface area contributed by atoms with Crippen LogP contribution in [-0.4, -0.2) is 10.3 Å². The summed E-state index contributed by atoms with van der Waals surface area (Å²) in [7, 11) is 2.04. The zero-order valence-electron chi connectivity index (χ0n) is 6.90. The van der Waals surface area contributed by atoms with Crippen LogP contribution in [0.25, 0.3) is 0 Å². The van der Waals surface area contributed by atoms with E-state index in [-0.39, 0.29) is 0 Å². The molecule has 0 aliphatic rings. The fourth-order valence-electron chi connectivity index (χ4n) is 1.04. The molecule has 0 fully saturated rings. The monoisotopic (exact) mass is 171 g/mol. The smallest absolute Gasteiger partial charge is 0.240 e. The Hall–Kier alpha value is -0.440. The average Bonchev–Trinajstić information content (AvgIpc) is 2.37. The van der Waals surface area contributed by atoms with Gasteiger partial charge in [0.2, 0.25) is 6.33 Å². The van der Waals surface area contributed by atoms with Gasteiger partial charge in [-0.05, 0) is 18.6 Å². The molecule has 0 radical (unpaired) electrons. The van der Waals surface area contributed by atoms with Gasteiger partial charge in [-0.3, -0.25) is 0 Å². The number of imidazole rings is 1. The van der Waals surface area contributed by atoms with Gasteiger partial charge >= 0.3 is 0 Å². The molecule has 0 atom stereocenters. The molecule has 0 saturated heterocycles. The lowest BCUT2D eigenvalue weighted by atomic mass is 10.3. The number of nitrogens with zero attached hydrogens (tertiary/aromatic N) is 2. The van der Waals surface area contributed by atoms with Crippen LogP contribution in [0, 0.1) is 0 Å². The molecule has 1 aromatic rings. The zero-order valence-corrected chi connectivity index (χ0v) is 7.80. The van der Waals surface area contributed by atoms with E-state index in [1.807, 2.05) is 7.05 Å². The predicted molar refractivity (Wildman–Crippen MR) is 48.7 cm³/mol. The summed E-state index contributed by atoms with van der Waals surface area (Å²) in [6.45, 7) is 1.11. The van der Waals surface area contributed by atoms with Crippen molar-refractivity contribution in [2.45, 2.75) is 19.4 Å². The summed E-state index contributed by atoms with van der Waals surface area (Å²) < 4.78 is 4.25. The highest BCUT2D eigenvalue weighted by Crippen LogP contribution is 1.95. The Bertz CT molecular complexity index is 208. The Morgan fingerprint density at radius 1 is 1.45 bits per heavy atom. The van der Waals surface area contributed by atoms with Crippen LogP contribution < -0.4 is 4.57 Å². The van der Waals surface area contributed by atoms with Gasteiger partial charge < -0.3 is 0 Å². The van der Waals surface area contributed by atoms with Crippen molar-refractivity contribution in [1.29, 1.82) is 0 Å². The molecule has 1 aromatic heterocycles. The molecule has 0 spiro atoms. The van der Waals surface area contributed by atoms with Crippen molar-refractivity contribution in [3.8, 4) is 0 Å².